The van der Waals surface area contributed by atoms with Crippen LogP contribution in [0.4, 0.5) is 0 Å². The van der Waals surface area contributed by atoms with Crippen LogP contribution in [-0.2, 0) is 17.9 Å². The van der Waals surface area contributed by atoms with Gasteiger partial charge in [-0.2, -0.15) is 0 Å². The van der Waals surface area contributed by atoms with Crippen LogP contribution in [0.25, 0.3) is 0 Å². The van der Waals surface area contributed by atoms with Gasteiger partial charge >= 0.3 is 0 Å². The molecule has 0 aliphatic carbocycles. The molecule has 0 saturated carbocycles. The van der Waals surface area contributed by atoms with Crippen molar-refractivity contribution in [3.05, 3.63) is 70.7 Å². The second kappa shape index (κ2) is 8.07. The average molecular weight is 354 g/mol. The maximum absolute atomic E-state index is 12.9. The van der Waals surface area contributed by atoms with Crippen molar-refractivity contribution in [2.24, 2.45) is 0 Å². The van der Waals surface area contributed by atoms with E-state index in [-0.39, 0.29) is 11.9 Å². The fourth-order valence-corrected chi connectivity index (χ4v) is 3.63. The maximum atomic E-state index is 12.9. The highest BCUT2D eigenvalue weighted by atomic mass is 32.1. The number of carbonyl (C=O) groups excluding carboxylic acids is 1. The zero-order valence-corrected chi connectivity index (χ0v) is 15.3. The Bertz CT molecular complexity index is 798. The van der Waals surface area contributed by atoms with Crippen molar-refractivity contribution in [1.82, 2.24) is 19.4 Å². The molecule has 5 nitrogen and oxygen atoms in total. The molecule has 1 atom stereocenters. The van der Waals surface area contributed by atoms with Crippen molar-refractivity contribution in [3.8, 4) is 0 Å². The van der Waals surface area contributed by atoms with Crippen LogP contribution in [0, 0.1) is 6.92 Å². The highest BCUT2D eigenvalue weighted by Gasteiger charge is 2.19. The molecule has 0 fully saturated rings. The van der Waals surface area contributed by atoms with E-state index in [1.54, 1.807) is 30.1 Å². The fourth-order valence-electron chi connectivity index (χ4n) is 2.72. The first-order valence-electron chi connectivity index (χ1n) is 8.31. The van der Waals surface area contributed by atoms with E-state index in [2.05, 4.69) is 29.0 Å². The van der Waals surface area contributed by atoms with E-state index in [0.717, 1.165) is 5.56 Å². The molecule has 0 radical (unpaired) electrons. The summed E-state index contributed by atoms with van der Waals surface area (Å²) in [6.07, 6.45) is 9.40. The summed E-state index contributed by atoms with van der Waals surface area (Å²) >= 11 is 1.74. The highest BCUT2D eigenvalue weighted by Crippen LogP contribution is 2.20. The highest BCUT2D eigenvalue weighted by molar-refractivity contribution is 7.11. The van der Waals surface area contributed by atoms with Gasteiger partial charge in [-0.3, -0.25) is 9.78 Å². The Morgan fingerprint density at radius 2 is 2.12 bits per heavy atom. The predicted octanol–water partition coefficient (Wildman–Crippen LogP) is 3.83. The standard InChI is InChI=1S/C19H22N4OS/c1-15(22-9-8-21-14-22)10-19(24)23(12-17-4-3-7-20-11-17)13-18-6-5-16(2)25-18/h3-9,11,14-15H,10,12-13H2,1-2H3. The van der Waals surface area contributed by atoms with Gasteiger partial charge in [0.25, 0.3) is 0 Å². The first-order chi connectivity index (χ1) is 12.1. The quantitative estimate of drug-likeness (QED) is 0.648. The molecule has 130 valence electrons. The van der Waals surface area contributed by atoms with Crippen LogP contribution in [-0.4, -0.2) is 25.3 Å². The molecule has 3 rings (SSSR count). The molecule has 3 aromatic rings. The lowest BCUT2D eigenvalue weighted by Crippen LogP contribution is -2.31. The number of amides is 1. The van der Waals surface area contributed by atoms with E-state index in [9.17, 15) is 4.79 Å². The molecule has 25 heavy (non-hydrogen) atoms. The number of aromatic nitrogens is 3. The molecule has 0 N–H and O–H groups in total. The summed E-state index contributed by atoms with van der Waals surface area (Å²) in [6.45, 7) is 5.32. The molecule has 1 amide bonds. The molecule has 0 bridgehead atoms. The summed E-state index contributed by atoms with van der Waals surface area (Å²) in [5.41, 5.74) is 1.04. The van der Waals surface area contributed by atoms with Crippen LogP contribution in [0.1, 0.15) is 34.7 Å². The van der Waals surface area contributed by atoms with Crippen molar-refractivity contribution < 1.29 is 4.79 Å². The molecular formula is C19H22N4OS. The first kappa shape index (κ1) is 17.4. The molecule has 0 saturated heterocycles. The lowest BCUT2D eigenvalue weighted by Gasteiger charge is -2.24. The Labute approximate surface area is 152 Å². The van der Waals surface area contributed by atoms with Crippen molar-refractivity contribution >= 4 is 17.2 Å². The predicted molar refractivity (Wildman–Crippen MR) is 99.1 cm³/mol. The zero-order valence-electron chi connectivity index (χ0n) is 14.5. The van der Waals surface area contributed by atoms with Gasteiger partial charge in [0, 0.05) is 53.5 Å². The molecule has 0 aromatic carbocycles. The summed E-state index contributed by atoms with van der Waals surface area (Å²) in [4.78, 5) is 25.5. The average Bonchev–Trinajstić information content (AvgIpc) is 3.27. The number of hydrogen-bond acceptors (Lipinski definition) is 4. The van der Waals surface area contributed by atoms with Crippen molar-refractivity contribution in [2.75, 3.05) is 0 Å². The Morgan fingerprint density at radius 3 is 2.76 bits per heavy atom. The normalized spacial score (nSPS) is 12.1. The second-order valence-electron chi connectivity index (χ2n) is 6.19. The van der Waals surface area contributed by atoms with E-state index in [1.807, 2.05) is 40.9 Å². The fraction of sp³-hybridized carbons (Fsp3) is 0.316. The molecule has 3 aromatic heterocycles. The minimum Gasteiger partial charge on any atom is -0.334 e. The third kappa shape index (κ3) is 4.76. The van der Waals surface area contributed by atoms with E-state index >= 15 is 0 Å². The molecule has 3 heterocycles. The van der Waals surface area contributed by atoms with Crippen LogP contribution < -0.4 is 0 Å². The molecule has 6 heteroatoms. The Morgan fingerprint density at radius 1 is 1.24 bits per heavy atom. The third-order valence-corrected chi connectivity index (χ3v) is 5.08. The van der Waals surface area contributed by atoms with Gasteiger partial charge in [-0.15, -0.1) is 11.3 Å². The number of aryl methyl sites for hydroxylation is 1. The van der Waals surface area contributed by atoms with Crippen LogP contribution in [0.3, 0.4) is 0 Å². The van der Waals surface area contributed by atoms with Gasteiger partial charge in [-0.05, 0) is 37.6 Å². The van der Waals surface area contributed by atoms with Crippen LogP contribution in [0.15, 0.2) is 55.4 Å². The van der Waals surface area contributed by atoms with Crippen molar-refractivity contribution in [1.29, 1.82) is 0 Å². The van der Waals surface area contributed by atoms with Gasteiger partial charge in [0.05, 0.1) is 12.9 Å². The number of pyridine rings is 1. The smallest absolute Gasteiger partial charge is 0.225 e. The van der Waals surface area contributed by atoms with E-state index in [1.165, 1.54) is 9.75 Å². The number of rotatable bonds is 7. The van der Waals surface area contributed by atoms with Gasteiger partial charge < -0.3 is 9.47 Å². The van der Waals surface area contributed by atoms with E-state index < -0.39 is 0 Å². The summed E-state index contributed by atoms with van der Waals surface area (Å²) < 4.78 is 1.97. The van der Waals surface area contributed by atoms with Gasteiger partial charge in [0.2, 0.25) is 5.91 Å². The van der Waals surface area contributed by atoms with Crippen molar-refractivity contribution in [2.45, 2.75) is 39.4 Å². The third-order valence-electron chi connectivity index (χ3n) is 4.10. The molecular weight excluding hydrogens is 332 g/mol. The monoisotopic (exact) mass is 354 g/mol. The minimum absolute atomic E-state index is 0.0801. The Balaban J connectivity index is 1.73. The van der Waals surface area contributed by atoms with Crippen molar-refractivity contribution in [3.63, 3.8) is 0 Å². The molecule has 0 spiro atoms. The van der Waals surface area contributed by atoms with Gasteiger partial charge in [-0.25, -0.2) is 4.98 Å². The maximum Gasteiger partial charge on any atom is 0.225 e. The summed E-state index contributed by atoms with van der Waals surface area (Å²) in [6, 6.07) is 8.19. The van der Waals surface area contributed by atoms with Crippen LogP contribution in [0.2, 0.25) is 0 Å². The largest absolute Gasteiger partial charge is 0.334 e. The first-order valence-corrected chi connectivity index (χ1v) is 9.13. The Hall–Kier alpha value is -2.47. The topological polar surface area (TPSA) is 51.0 Å². The Kier molecular flexibility index (Phi) is 5.60. The van der Waals surface area contributed by atoms with Crippen LogP contribution >= 0.6 is 11.3 Å². The number of nitrogens with zero attached hydrogens (tertiary/aromatic N) is 4. The van der Waals surface area contributed by atoms with Gasteiger partial charge in [0.15, 0.2) is 0 Å². The van der Waals surface area contributed by atoms with E-state index in [4.69, 9.17) is 0 Å². The van der Waals surface area contributed by atoms with Gasteiger partial charge in [0.1, 0.15) is 0 Å². The summed E-state index contributed by atoms with van der Waals surface area (Å²) in [5, 5.41) is 0. The SMILES string of the molecule is Cc1ccc(CN(Cc2cccnc2)C(=O)CC(C)n2ccnc2)s1. The summed E-state index contributed by atoms with van der Waals surface area (Å²) in [5.74, 6) is 0.135. The molecule has 0 aliphatic rings. The molecule has 1 unspecified atom stereocenters. The van der Waals surface area contributed by atoms with E-state index in [0.29, 0.717) is 19.5 Å². The summed E-state index contributed by atoms with van der Waals surface area (Å²) in [7, 11) is 0. The molecule has 0 aliphatic heterocycles. The lowest BCUT2D eigenvalue weighted by atomic mass is 10.2. The number of hydrogen-bond donors (Lipinski definition) is 0. The lowest BCUT2D eigenvalue weighted by molar-refractivity contribution is -0.133. The number of carbonyl (C=O) groups is 1. The van der Waals surface area contributed by atoms with Gasteiger partial charge in [-0.1, -0.05) is 6.07 Å². The number of imidazole rings is 1. The number of thiophene rings is 1. The van der Waals surface area contributed by atoms with Crippen LogP contribution in [0.5, 0.6) is 0 Å². The zero-order chi connectivity index (χ0) is 17.6. The second-order valence-corrected chi connectivity index (χ2v) is 7.56. The minimum atomic E-state index is 0.0801.